The maximum atomic E-state index is 5.85. The minimum absolute atomic E-state index is 0.484. The van der Waals surface area contributed by atoms with Gasteiger partial charge in [-0.05, 0) is 50.1 Å². The van der Waals surface area contributed by atoms with Crippen LogP contribution in [0.3, 0.4) is 0 Å². The minimum atomic E-state index is 0.484. The second-order valence-corrected chi connectivity index (χ2v) is 5.54. The zero-order chi connectivity index (χ0) is 13.4. The molecule has 0 aliphatic heterocycles. The van der Waals surface area contributed by atoms with Gasteiger partial charge in [-0.15, -0.1) is 0 Å². The van der Waals surface area contributed by atoms with E-state index < -0.39 is 0 Å². The van der Waals surface area contributed by atoms with Crippen LogP contribution in [-0.4, -0.2) is 15.0 Å². The summed E-state index contributed by atoms with van der Waals surface area (Å²) in [4.78, 5) is 11.3. The minimum Gasteiger partial charge on any atom is -0.436 e. The van der Waals surface area contributed by atoms with Gasteiger partial charge in [-0.2, -0.15) is 0 Å². The van der Waals surface area contributed by atoms with Crippen molar-refractivity contribution >= 4 is 48.6 Å². The number of hydrogen-bond acceptors (Lipinski definition) is 4. The maximum absolute atomic E-state index is 5.85. The molecule has 0 aliphatic carbocycles. The highest BCUT2D eigenvalue weighted by atomic mass is 79.9. The number of ether oxygens (including phenoxy) is 1. The van der Waals surface area contributed by atoms with E-state index in [0.29, 0.717) is 17.3 Å². The molecule has 2 aromatic heterocycles. The van der Waals surface area contributed by atoms with Gasteiger partial charge in [-0.3, -0.25) is 0 Å². The number of halogens is 2. The van der Waals surface area contributed by atoms with Crippen molar-refractivity contribution in [3.05, 3.63) is 39.7 Å². The highest BCUT2D eigenvalue weighted by molar-refractivity contribution is 9.11. The number of nitrogens with zero attached hydrogens (tertiary/aromatic N) is 2. The molecule has 0 fully saturated rings. The van der Waals surface area contributed by atoms with Gasteiger partial charge in [0.15, 0.2) is 5.75 Å². The molecule has 3 rings (SSSR count). The molecule has 0 saturated heterocycles. The molecule has 0 spiro atoms. The van der Waals surface area contributed by atoms with Crippen LogP contribution in [-0.2, 0) is 0 Å². The number of rotatable bonds is 2. The van der Waals surface area contributed by atoms with E-state index in [9.17, 15) is 0 Å². The van der Waals surface area contributed by atoms with Gasteiger partial charge in [0.25, 0.3) is 0 Å². The molecule has 0 aliphatic rings. The second kappa shape index (κ2) is 4.82. The van der Waals surface area contributed by atoms with Crippen LogP contribution < -0.4 is 10.5 Å². The highest BCUT2D eigenvalue weighted by Gasteiger charge is 2.12. The molecule has 0 unspecified atom stereocenters. The van der Waals surface area contributed by atoms with Crippen molar-refractivity contribution in [3.63, 3.8) is 0 Å². The van der Waals surface area contributed by atoms with Crippen molar-refractivity contribution in [1.29, 1.82) is 0 Å². The lowest BCUT2D eigenvalue weighted by Crippen LogP contribution is -1.93. The smallest absolute Gasteiger partial charge is 0.231 e. The molecule has 0 atom stereocenters. The zero-order valence-corrected chi connectivity index (χ0v) is 12.7. The van der Waals surface area contributed by atoms with E-state index in [4.69, 9.17) is 10.5 Å². The van der Waals surface area contributed by atoms with Crippen molar-refractivity contribution in [3.8, 4) is 11.6 Å². The Labute approximate surface area is 125 Å². The van der Waals surface area contributed by atoms with Gasteiger partial charge in [0.2, 0.25) is 5.88 Å². The summed E-state index contributed by atoms with van der Waals surface area (Å²) in [6, 6.07) is 5.41. The third-order valence-corrected chi connectivity index (χ3v) is 3.71. The Morgan fingerprint density at radius 2 is 1.89 bits per heavy atom. The summed E-state index contributed by atoms with van der Waals surface area (Å²) in [5, 5.41) is 0.818. The number of H-pyrrole nitrogens is 1. The molecule has 0 bridgehead atoms. The van der Waals surface area contributed by atoms with Crippen LogP contribution in [0.25, 0.3) is 11.0 Å². The van der Waals surface area contributed by atoms with Crippen LogP contribution in [0.4, 0.5) is 5.69 Å². The topological polar surface area (TPSA) is 76.8 Å². The lowest BCUT2D eigenvalue weighted by molar-refractivity contribution is 0.462. The van der Waals surface area contributed by atoms with Gasteiger partial charge in [0, 0.05) is 11.9 Å². The van der Waals surface area contributed by atoms with Crippen LogP contribution in [0.15, 0.2) is 39.7 Å². The van der Waals surface area contributed by atoms with Crippen LogP contribution in [0.2, 0.25) is 0 Å². The second-order valence-electron chi connectivity index (χ2n) is 3.83. The molecule has 5 nitrogen and oxygen atoms in total. The number of aromatic amines is 1. The number of benzene rings is 1. The third kappa shape index (κ3) is 2.31. The molecule has 0 saturated carbocycles. The van der Waals surface area contributed by atoms with Crippen molar-refractivity contribution in [1.82, 2.24) is 15.0 Å². The Balaban J connectivity index is 2.09. The molecule has 0 radical (unpaired) electrons. The first kappa shape index (κ1) is 12.4. The number of nitrogens with one attached hydrogen (secondary N) is 1. The molecule has 3 aromatic rings. The number of hydrogen-bond donors (Lipinski definition) is 2. The van der Waals surface area contributed by atoms with E-state index in [1.54, 1.807) is 18.3 Å². The van der Waals surface area contributed by atoms with Crippen LogP contribution in [0.5, 0.6) is 11.6 Å². The average Bonchev–Trinajstić information content (AvgIpc) is 2.82. The third-order valence-electron chi connectivity index (χ3n) is 2.54. The molecule has 2 heterocycles. The fourth-order valence-electron chi connectivity index (χ4n) is 1.70. The number of aromatic nitrogens is 3. The van der Waals surface area contributed by atoms with Gasteiger partial charge in [0.05, 0.1) is 14.3 Å². The number of nitrogens with two attached hydrogens (primary N) is 1. The van der Waals surface area contributed by atoms with E-state index in [-0.39, 0.29) is 0 Å². The lowest BCUT2D eigenvalue weighted by Gasteiger charge is -2.10. The summed E-state index contributed by atoms with van der Waals surface area (Å²) in [6.07, 6.45) is 3.24. The Morgan fingerprint density at radius 3 is 2.63 bits per heavy atom. The quantitative estimate of drug-likeness (QED) is 0.658. The normalized spacial score (nSPS) is 10.8. The lowest BCUT2D eigenvalue weighted by atomic mass is 10.3. The first-order valence-corrected chi connectivity index (χ1v) is 6.94. The largest absolute Gasteiger partial charge is 0.436 e. The number of nitrogen functional groups attached to an aromatic ring is 1. The molecule has 3 N–H and O–H groups in total. The molecular weight excluding hydrogens is 376 g/mol. The van der Waals surface area contributed by atoms with Crippen molar-refractivity contribution in [2.24, 2.45) is 0 Å². The molecule has 0 amide bonds. The predicted molar refractivity (Wildman–Crippen MR) is 80.2 cm³/mol. The molecule has 7 heteroatoms. The summed E-state index contributed by atoms with van der Waals surface area (Å²) in [5.41, 5.74) is 7.12. The van der Waals surface area contributed by atoms with Gasteiger partial charge in [0.1, 0.15) is 12.0 Å². The fraction of sp³-hybridized carbons (Fsp3) is 0. The van der Waals surface area contributed by atoms with E-state index >= 15 is 0 Å². The summed E-state index contributed by atoms with van der Waals surface area (Å²) in [5.74, 6) is 1.10. The van der Waals surface area contributed by atoms with E-state index in [1.807, 2.05) is 6.07 Å². The Bertz CT molecular complexity index is 733. The predicted octanol–water partition coefficient (Wildman–Crippen LogP) is 3.86. The molecule has 96 valence electrons. The number of fused-ring (bicyclic) bond motifs is 1. The van der Waals surface area contributed by atoms with Crippen molar-refractivity contribution in [2.75, 3.05) is 5.73 Å². The summed E-state index contributed by atoms with van der Waals surface area (Å²) in [7, 11) is 0. The van der Waals surface area contributed by atoms with Crippen molar-refractivity contribution < 1.29 is 4.74 Å². The Morgan fingerprint density at radius 1 is 1.16 bits per heavy atom. The van der Waals surface area contributed by atoms with E-state index in [2.05, 4.69) is 46.8 Å². The average molecular weight is 384 g/mol. The van der Waals surface area contributed by atoms with E-state index in [1.165, 1.54) is 6.33 Å². The van der Waals surface area contributed by atoms with Crippen LogP contribution in [0, 0.1) is 0 Å². The SMILES string of the molecule is Nc1cc(Br)c(Oc2ncnc3[nH]ccc23)c(Br)c1. The van der Waals surface area contributed by atoms with Gasteiger partial charge >= 0.3 is 0 Å². The summed E-state index contributed by atoms with van der Waals surface area (Å²) in [6.45, 7) is 0. The molecular formula is C12H8Br2N4O. The first-order chi connectivity index (χ1) is 9.15. The first-order valence-electron chi connectivity index (χ1n) is 5.35. The number of anilines is 1. The fourth-order valence-corrected chi connectivity index (χ4v) is 3.09. The van der Waals surface area contributed by atoms with Crippen LogP contribution >= 0.6 is 31.9 Å². The Hall–Kier alpha value is -1.60. The summed E-state index contributed by atoms with van der Waals surface area (Å²) >= 11 is 6.85. The molecule has 1 aromatic carbocycles. The van der Waals surface area contributed by atoms with Crippen molar-refractivity contribution in [2.45, 2.75) is 0 Å². The zero-order valence-electron chi connectivity index (χ0n) is 9.52. The standard InChI is InChI=1S/C12H8Br2N4O/c13-8-3-6(15)4-9(14)10(8)19-12-7-1-2-16-11(7)17-5-18-12/h1-5H,15H2,(H,16,17,18). The van der Waals surface area contributed by atoms with Gasteiger partial charge in [-0.25, -0.2) is 9.97 Å². The van der Waals surface area contributed by atoms with E-state index in [0.717, 1.165) is 20.0 Å². The van der Waals surface area contributed by atoms with Gasteiger partial charge in [-0.1, -0.05) is 0 Å². The maximum Gasteiger partial charge on any atom is 0.231 e. The van der Waals surface area contributed by atoms with Gasteiger partial charge < -0.3 is 15.5 Å². The summed E-state index contributed by atoms with van der Waals surface area (Å²) < 4.78 is 7.35. The highest BCUT2D eigenvalue weighted by Crippen LogP contribution is 2.39. The Kier molecular flexibility index (Phi) is 3.16. The van der Waals surface area contributed by atoms with Crippen LogP contribution in [0.1, 0.15) is 0 Å². The molecule has 19 heavy (non-hydrogen) atoms. The monoisotopic (exact) mass is 382 g/mol.